The van der Waals surface area contributed by atoms with Crippen molar-refractivity contribution in [3.05, 3.63) is 52.8 Å². The van der Waals surface area contributed by atoms with Gasteiger partial charge in [-0.1, -0.05) is 31.9 Å². The number of fused-ring (bicyclic) bond motifs is 1. The molecule has 1 N–H and O–H groups in total. The number of H-pyrrole nitrogens is 1. The molecule has 1 aromatic carbocycles. The van der Waals surface area contributed by atoms with Crippen LogP contribution in [0.25, 0.3) is 0 Å². The van der Waals surface area contributed by atoms with E-state index in [-0.39, 0.29) is 5.41 Å². The molecule has 0 bridgehead atoms. The van der Waals surface area contributed by atoms with Gasteiger partial charge >= 0.3 is 0 Å². The average molecular weight is 236 g/mol. The molecule has 1 aliphatic carbocycles. The van der Waals surface area contributed by atoms with E-state index >= 15 is 0 Å². The summed E-state index contributed by atoms with van der Waals surface area (Å²) in [5, 5.41) is 7.34. The van der Waals surface area contributed by atoms with E-state index in [1.165, 1.54) is 16.8 Å². The zero-order valence-corrected chi connectivity index (χ0v) is 10.7. The molecule has 0 saturated heterocycles. The molecule has 2 aromatic rings. The maximum atomic E-state index is 5.39. The maximum Gasteiger partial charge on any atom is 0.0528 e. The fourth-order valence-corrected chi connectivity index (χ4v) is 2.93. The summed E-state index contributed by atoms with van der Waals surface area (Å²) in [6, 6.07) is 8.30. The summed E-state index contributed by atoms with van der Waals surface area (Å²) < 4.78 is 0. The molecule has 1 aromatic heterocycles. The molecule has 0 spiro atoms. The van der Waals surface area contributed by atoms with Crippen molar-refractivity contribution in [1.29, 1.82) is 0 Å². The third-order valence-corrected chi connectivity index (χ3v) is 3.92. The van der Waals surface area contributed by atoms with Gasteiger partial charge in [-0.25, -0.2) is 0 Å². The van der Waals surface area contributed by atoms with Gasteiger partial charge in [-0.2, -0.15) is 5.10 Å². The molecule has 3 rings (SSSR count). The second kappa shape index (κ2) is 3.74. The molecule has 0 radical (unpaired) electrons. The van der Waals surface area contributed by atoms with Crippen molar-refractivity contribution >= 4 is 0 Å². The van der Waals surface area contributed by atoms with Gasteiger partial charge < -0.3 is 0 Å². The first-order valence-corrected chi connectivity index (χ1v) is 6.22. The van der Waals surface area contributed by atoms with E-state index < -0.39 is 0 Å². The number of rotatable bonds is 1. The Labute approximate surface area is 107 Å². The smallest absolute Gasteiger partial charge is 0.0528 e. The highest BCUT2D eigenvalue weighted by molar-refractivity contribution is 5.44. The first-order chi connectivity index (χ1) is 8.62. The minimum atomic E-state index is 0.168. The predicted octanol–water partition coefficient (Wildman–Crippen LogP) is 3.20. The van der Waals surface area contributed by atoms with Crippen LogP contribution >= 0.6 is 0 Å². The molecule has 2 nitrogen and oxygen atoms in total. The van der Waals surface area contributed by atoms with Gasteiger partial charge in [-0.05, 0) is 24.1 Å². The van der Waals surface area contributed by atoms with Gasteiger partial charge in [0.2, 0.25) is 0 Å². The lowest BCUT2D eigenvalue weighted by atomic mass is 9.86. The van der Waals surface area contributed by atoms with E-state index in [2.05, 4.69) is 42.1 Å². The number of aromatic amines is 1. The minimum absolute atomic E-state index is 0.168. The fourth-order valence-electron chi connectivity index (χ4n) is 2.93. The van der Waals surface area contributed by atoms with Crippen molar-refractivity contribution in [1.82, 2.24) is 10.2 Å². The van der Waals surface area contributed by atoms with Gasteiger partial charge in [0, 0.05) is 28.2 Å². The Bertz CT molecular complexity index is 611. The number of hydrogen-bond donors (Lipinski definition) is 1. The van der Waals surface area contributed by atoms with Crippen LogP contribution in [-0.2, 0) is 5.41 Å². The SMILES string of the molecule is C#Cc1ccc([C@@H]2CC(C)(C)c3[nH]ncc32)cc1. The Morgan fingerprint density at radius 1 is 1.33 bits per heavy atom. The summed E-state index contributed by atoms with van der Waals surface area (Å²) in [7, 11) is 0. The Balaban J connectivity index is 2.02. The number of nitrogens with one attached hydrogen (secondary N) is 1. The molecule has 18 heavy (non-hydrogen) atoms. The molecule has 0 aliphatic heterocycles. The molecule has 0 saturated carbocycles. The first kappa shape index (κ1) is 11.1. The monoisotopic (exact) mass is 236 g/mol. The second-order valence-electron chi connectivity index (χ2n) is 5.61. The van der Waals surface area contributed by atoms with Crippen LogP contribution in [0.1, 0.15) is 48.6 Å². The van der Waals surface area contributed by atoms with Crippen LogP contribution in [0.4, 0.5) is 0 Å². The van der Waals surface area contributed by atoms with Crippen LogP contribution in [0.5, 0.6) is 0 Å². The summed E-state index contributed by atoms with van der Waals surface area (Å²) in [4.78, 5) is 0. The van der Waals surface area contributed by atoms with Crippen LogP contribution in [0.15, 0.2) is 30.5 Å². The number of benzene rings is 1. The molecule has 90 valence electrons. The van der Waals surface area contributed by atoms with E-state index in [1.54, 1.807) is 0 Å². The van der Waals surface area contributed by atoms with Crippen LogP contribution in [0.3, 0.4) is 0 Å². The quantitative estimate of drug-likeness (QED) is 0.757. The van der Waals surface area contributed by atoms with E-state index in [1.807, 2.05) is 18.3 Å². The van der Waals surface area contributed by atoms with Gasteiger partial charge in [0.05, 0.1) is 6.20 Å². The van der Waals surface area contributed by atoms with Crippen LogP contribution in [0, 0.1) is 12.3 Å². The molecule has 1 heterocycles. The summed E-state index contributed by atoms with van der Waals surface area (Å²) >= 11 is 0. The molecular formula is C16H16N2. The fraction of sp³-hybridized carbons (Fsp3) is 0.312. The third-order valence-electron chi connectivity index (χ3n) is 3.92. The number of terminal acetylenes is 1. The maximum absolute atomic E-state index is 5.39. The number of aromatic nitrogens is 2. The molecule has 0 fully saturated rings. The summed E-state index contributed by atoms with van der Waals surface area (Å²) in [6.45, 7) is 4.53. The molecule has 0 unspecified atom stereocenters. The third kappa shape index (κ3) is 1.55. The van der Waals surface area contributed by atoms with E-state index in [4.69, 9.17) is 6.42 Å². The zero-order chi connectivity index (χ0) is 12.8. The van der Waals surface area contributed by atoms with Gasteiger partial charge in [-0.15, -0.1) is 6.42 Å². The molecular weight excluding hydrogens is 220 g/mol. The first-order valence-electron chi connectivity index (χ1n) is 6.22. The highest BCUT2D eigenvalue weighted by Gasteiger charge is 2.39. The van der Waals surface area contributed by atoms with E-state index in [0.29, 0.717) is 5.92 Å². The molecule has 2 heteroatoms. The van der Waals surface area contributed by atoms with Crippen molar-refractivity contribution in [3.63, 3.8) is 0 Å². The van der Waals surface area contributed by atoms with Crippen molar-refractivity contribution in [2.45, 2.75) is 31.6 Å². The number of hydrogen-bond acceptors (Lipinski definition) is 1. The Morgan fingerprint density at radius 2 is 2.06 bits per heavy atom. The van der Waals surface area contributed by atoms with Crippen molar-refractivity contribution in [2.75, 3.05) is 0 Å². The van der Waals surface area contributed by atoms with Gasteiger partial charge in [-0.3, -0.25) is 5.10 Å². The van der Waals surface area contributed by atoms with Crippen LogP contribution < -0.4 is 0 Å². The number of nitrogens with zero attached hydrogens (tertiary/aromatic N) is 1. The summed E-state index contributed by atoms with van der Waals surface area (Å²) in [5.74, 6) is 3.09. The highest BCUT2D eigenvalue weighted by Crippen LogP contribution is 2.47. The second-order valence-corrected chi connectivity index (χ2v) is 5.61. The van der Waals surface area contributed by atoms with Crippen molar-refractivity contribution in [2.24, 2.45) is 0 Å². The van der Waals surface area contributed by atoms with Gasteiger partial charge in [0.1, 0.15) is 0 Å². The standard InChI is InChI=1S/C16H16N2/c1-4-11-5-7-12(8-6-11)13-9-16(2,3)15-14(13)10-17-18-15/h1,5-8,10,13H,9H2,2-3H3,(H,17,18)/t13-/m0/s1. The summed E-state index contributed by atoms with van der Waals surface area (Å²) in [6.07, 6.45) is 8.47. The largest absolute Gasteiger partial charge is 0.282 e. The van der Waals surface area contributed by atoms with E-state index in [0.717, 1.165) is 12.0 Å². The lowest BCUT2D eigenvalue weighted by Crippen LogP contribution is -2.14. The Morgan fingerprint density at radius 3 is 2.72 bits per heavy atom. The summed E-state index contributed by atoms with van der Waals surface area (Å²) in [5.41, 5.74) is 5.02. The van der Waals surface area contributed by atoms with Crippen molar-refractivity contribution in [3.8, 4) is 12.3 Å². The Kier molecular flexibility index (Phi) is 2.31. The minimum Gasteiger partial charge on any atom is -0.282 e. The zero-order valence-electron chi connectivity index (χ0n) is 10.7. The normalized spacial score (nSPS) is 20.4. The lowest BCUT2D eigenvalue weighted by Gasteiger charge is -2.18. The van der Waals surface area contributed by atoms with Crippen LogP contribution in [-0.4, -0.2) is 10.2 Å². The van der Waals surface area contributed by atoms with Crippen LogP contribution in [0.2, 0.25) is 0 Å². The topological polar surface area (TPSA) is 28.7 Å². The van der Waals surface area contributed by atoms with Gasteiger partial charge in [0.25, 0.3) is 0 Å². The molecule has 0 amide bonds. The Hall–Kier alpha value is -2.01. The van der Waals surface area contributed by atoms with Gasteiger partial charge in [0.15, 0.2) is 0 Å². The molecule has 1 atom stereocenters. The molecule has 1 aliphatic rings. The van der Waals surface area contributed by atoms with E-state index in [9.17, 15) is 0 Å². The predicted molar refractivity (Wildman–Crippen MR) is 72.5 cm³/mol. The average Bonchev–Trinajstić information content (AvgIpc) is 2.93. The lowest BCUT2D eigenvalue weighted by molar-refractivity contribution is 0.483. The van der Waals surface area contributed by atoms with Crippen molar-refractivity contribution < 1.29 is 0 Å². The highest BCUT2D eigenvalue weighted by atomic mass is 15.1.